The van der Waals surface area contributed by atoms with Crippen LogP contribution in [0.2, 0.25) is 0 Å². The van der Waals surface area contributed by atoms with Crippen LogP contribution in [-0.2, 0) is 0 Å². The Balaban J connectivity index is 2.00. The highest BCUT2D eigenvalue weighted by Gasteiger charge is 2.14. The molecule has 0 aliphatic carbocycles. The molecule has 3 aromatic rings. The number of aromatic nitrogens is 3. The molecule has 0 aliphatic heterocycles. The zero-order chi connectivity index (χ0) is 18.7. The molecule has 0 fully saturated rings. The minimum absolute atomic E-state index is 0.197. The molecule has 0 saturated heterocycles. The van der Waals surface area contributed by atoms with Crippen molar-refractivity contribution >= 4 is 33.4 Å². The third-order valence-corrected chi connectivity index (χ3v) is 4.02. The number of anilines is 3. The van der Waals surface area contributed by atoms with Crippen molar-refractivity contribution in [2.24, 2.45) is 0 Å². The lowest BCUT2D eigenvalue weighted by atomic mass is 10.1. The summed E-state index contributed by atoms with van der Waals surface area (Å²) in [5.41, 5.74) is 2.07. The van der Waals surface area contributed by atoms with E-state index in [1.165, 1.54) is 6.07 Å². The van der Waals surface area contributed by atoms with Crippen LogP contribution in [0.25, 0.3) is 11.3 Å². The molecule has 3 rings (SSSR count). The molecular weight excluding hydrogens is 397 g/mol. The van der Waals surface area contributed by atoms with Crippen molar-refractivity contribution in [3.05, 3.63) is 59.1 Å². The topological polar surface area (TPSA) is 62.7 Å². The molecule has 0 amide bonds. The van der Waals surface area contributed by atoms with E-state index in [2.05, 4.69) is 41.5 Å². The van der Waals surface area contributed by atoms with Crippen LogP contribution in [0.1, 0.15) is 20.8 Å². The van der Waals surface area contributed by atoms with Crippen LogP contribution in [0.15, 0.2) is 53.3 Å². The Bertz CT molecular complexity index is 910. The van der Waals surface area contributed by atoms with Crippen molar-refractivity contribution in [2.45, 2.75) is 26.3 Å². The molecule has 0 radical (unpaired) electrons. The maximum atomic E-state index is 13.8. The van der Waals surface area contributed by atoms with E-state index >= 15 is 0 Å². The number of hydrogen-bond donors (Lipinski definition) is 2. The van der Waals surface area contributed by atoms with Gasteiger partial charge in [-0.2, -0.15) is 4.98 Å². The first kappa shape index (κ1) is 18.3. The molecule has 2 aromatic heterocycles. The van der Waals surface area contributed by atoms with E-state index in [9.17, 15) is 4.39 Å². The van der Waals surface area contributed by atoms with E-state index in [1.807, 2.05) is 39.0 Å². The summed E-state index contributed by atoms with van der Waals surface area (Å²) in [5, 5.41) is 6.42. The predicted molar refractivity (Wildman–Crippen MR) is 106 cm³/mol. The first-order valence-corrected chi connectivity index (χ1v) is 8.89. The van der Waals surface area contributed by atoms with E-state index in [0.29, 0.717) is 21.9 Å². The minimum Gasteiger partial charge on any atom is -0.350 e. The first-order chi connectivity index (χ1) is 12.3. The lowest BCUT2D eigenvalue weighted by Gasteiger charge is -2.21. The van der Waals surface area contributed by atoms with Crippen LogP contribution in [0.4, 0.5) is 21.8 Å². The normalized spacial score (nSPS) is 11.3. The maximum Gasteiger partial charge on any atom is 0.225 e. The number of nitrogens with one attached hydrogen (secondary N) is 2. The predicted octanol–water partition coefficient (Wildman–Crippen LogP) is 5.39. The number of nitrogens with zero attached hydrogens (tertiary/aromatic N) is 3. The molecule has 2 N–H and O–H groups in total. The largest absolute Gasteiger partial charge is 0.350 e. The second-order valence-corrected chi connectivity index (χ2v) is 7.68. The van der Waals surface area contributed by atoms with Gasteiger partial charge in [0.2, 0.25) is 5.95 Å². The quantitative estimate of drug-likeness (QED) is 0.597. The SMILES string of the molecule is CC(C)(C)Nc1nc(Nc2ccc(Br)c(F)c2)cc(-c2ccncc2)n1. The van der Waals surface area contributed by atoms with Gasteiger partial charge in [0.15, 0.2) is 0 Å². The van der Waals surface area contributed by atoms with Crippen LogP contribution >= 0.6 is 15.9 Å². The highest BCUT2D eigenvalue weighted by atomic mass is 79.9. The van der Waals surface area contributed by atoms with Crippen LogP contribution < -0.4 is 10.6 Å². The van der Waals surface area contributed by atoms with Crippen LogP contribution in [-0.4, -0.2) is 20.5 Å². The summed E-state index contributed by atoms with van der Waals surface area (Å²) in [7, 11) is 0. The van der Waals surface area contributed by atoms with Crippen molar-refractivity contribution < 1.29 is 4.39 Å². The molecule has 5 nitrogen and oxygen atoms in total. The second kappa shape index (κ2) is 7.37. The highest BCUT2D eigenvalue weighted by molar-refractivity contribution is 9.10. The van der Waals surface area contributed by atoms with Crippen LogP contribution in [0.3, 0.4) is 0 Å². The zero-order valence-electron chi connectivity index (χ0n) is 14.7. The molecule has 0 atom stereocenters. The average molecular weight is 416 g/mol. The third-order valence-electron chi connectivity index (χ3n) is 3.38. The molecule has 7 heteroatoms. The molecule has 0 saturated carbocycles. The van der Waals surface area contributed by atoms with Gasteiger partial charge in [0.05, 0.1) is 10.2 Å². The van der Waals surface area contributed by atoms with Crippen LogP contribution in [0, 0.1) is 5.82 Å². The summed E-state index contributed by atoms with van der Waals surface area (Å²) in [6.45, 7) is 6.10. The minimum atomic E-state index is -0.341. The van der Waals surface area contributed by atoms with Gasteiger partial charge in [0.1, 0.15) is 11.6 Å². The smallest absolute Gasteiger partial charge is 0.225 e. The number of pyridine rings is 1. The fourth-order valence-corrected chi connectivity index (χ4v) is 2.54. The van der Waals surface area contributed by atoms with Crippen molar-refractivity contribution in [3.63, 3.8) is 0 Å². The fraction of sp³-hybridized carbons (Fsp3) is 0.211. The number of rotatable bonds is 4. The van der Waals surface area contributed by atoms with Gasteiger partial charge in [0.25, 0.3) is 0 Å². The van der Waals surface area contributed by atoms with Gasteiger partial charge in [-0.1, -0.05) is 0 Å². The van der Waals surface area contributed by atoms with Gasteiger partial charge < -0.3 is 10.6 Å². The Hall–Kier alpha value is -2.54. The van der Waals surface area contributed by atoms with Gasteiger partial charge in [0, 0.05) is 35.2 Å². The summed E-state index contributed by atoms with van der Waals surface area (Å²) in [6.07, 6.45) is 3.43. The molecule has 1 aromatic carbocycles. The molecule has 0 spiro atoms. The molecule has 26 heavy (non-hydrogen) atoms. The summed E-state index contributed by atoms with van der Waals surface area (Å²) >= 11 is 3.16. The Morgan fingerprint density at radius 1 is 1.00 bits per heavy atom. The monoisotopic (exact) mass is 415 g/mol. The number of hydrogen-bond acceptors (Lipinski definition) is 5. The number of halogens is 2. The van der Waals surface area contributed by atoms with E-state index < -0.39 is 0 Å². The Kier molecular flexibility index (Phi) is 5.18. The summed E-state index contributed by atoms with van der Waals surface area (Å²) in [6, 6.07) is 10.4. The summed E-state index contributed by atoms with van der Waals surface area (Å²) in [4.78, 5) is 13.1. The first-order valence-electron chi connectivity index (χ1n) is 8.10. The molecule has 2 heterocycles. The van der Waals surface area contributed by atoms with E-state index in [1.54, 1.807) is 24.5 Å². The van der Waals surface area contributed by atoms with Crippen LogP contribution in [0.5, 0.6) is 0 Å². The van der Waals surface area contributed by atoms with Gasteiger partial charge in [-0.05, 0) is 67.0 Å². The maximum absolute atomic E-state index is 13.8. The molecule has 0 aliphatic rings. The van der Waals surface area contributed by atoms with Crippen molar-refractivity contribution in [2.75, 3.05) is 10.6 Å². The third kappa shape index (κ3) is 4.76. The Morgan fingerprint density at radius 2 is 1.73 bits per heavy atom. The lowest BCUT2D eigenvalue weighted by molar-refractivity contribution is 0.622. The fourth-order valence-electron chi connectivity index (χ4n) is 2.29. The Morgan fingerprint density at radius 3 is 2.38 bits per heavy atom. The van der Waals surface area contributed by atoms with Gasteiger partial charge in [-0.3, -0.25) is 4.98 Å². The molecular formula is C19H19BrFN5. The van der Waals surface area contributed by atoms with Gasteiger partial charge in [-0.15, -0.1) is 0 Å². The van der Waals surface area contributed by atoms with E-state index in [0.717, 1.165) is 11.3 Å². The van der Waals surface area contributed by atoms with Gasteiger partial charge >= 0.3 is 0 Å². The average Bonchev–Trinajstić information content (AvgIpc) is 2.57. The second-order valence-electron chi connectivity index (χ2n) is 6.83. The van der Waals surface area contributed by atoms with Crippen molar-refractivity contribution in [3.8, 4) is 11.3 Å². The standard InChI is InChI=1S/C19H19BrFN5/c1-19(2,3)26-18-24-16(12-6-8-22-9-7-12)11-17(25-18)23-13-4-5-14(20)15(21)10-13/h4-11H,1-3H3,(H2,23,24,25,26). The summed E-state index contributed by atoms with van der Waals surface area (Å²) in [5.74, 6) is 0.721. The highest BCUT2D eigenvalue weighted by Crippen LogP contribution is 2.26. The summed E-state index contributed by atoms with van der Waals surface area (Å²) < 4.78 is 14.2. The lowest BCUT2D eigenvalue weighted by Crippen LogP contribution is -2.27. The van der Waals surface area contributed by atoms with E-state index in [-0.39, 0.29) is 11.4 Å². The van der Waals surface area contributed by atoms with Crippen molar-refractivity contribution in [1.82, 2.24) is 15.0 Å². The zero-order valence-corrected chi connectivity index (χ0v) is 16.3. The Labute approximate surface area is 160 Å². The molecule has 0 bridgehead atoms. The molecule has 134 valence electrons. The number of benzene rings is 1. The van der Waals surface area contributed by atoms with Crippen molar-refractivity contribution in [1.29, 1.82) is 0 Å². The van der Waals surface area contributed by atoms with E-state index in [4.69, 9.17) is 0 Å². The molecule has 0 unspecified atom stereocenters. The van der Waals surface area contributed by atoms with Gasteiger partial charge in [-0.25, -0.2) is 9.37 Å².